The molecule has 28 heavy (non-hydrogen) atoms. The number of carbonyl (C=O) groups excluding carboxylic acids is 2. The second kappa shape index (κ2) is 9.41. The molecule has 1 aliphatic rings. The average Bonchev–Trinajstić information content (AvgIpc) is 3.03. The molecule has 2 heterocycles. The summed E-state index contributed by atoms with van der Waals surface area (Å²) < 4.78 is 23.7. The second-order valence-corrected chi connectivity index (χ2v) is 6.78. The SMILES string of the molecule is CCOC(=O)CCn1c(=NC(=O)C2=COCCO2)sc2cc(OCC)ccc21. The molecule has 0 atom stereocenters. The zero-order valence-corrected chi connectivity index (χ0v) is 16.6. The number of fused-ring (bicyclic) bond motifs is 1. The number of carbonyl (C=O) groups is 2. The van der Waals surface area contributed by atoms with Crippen LogP contribution < -0.4 is 9.54 Å². The van der Waals surface area contributed by atoms with Crippen LogP contribution in [-0.4, -0.2) is 42.9 Å². The van der Waals surface area contributed by atoms with Crippen molar-refractivity contribution in [3.8, 4) is 5.75 Å². The fourth-order valence-electron chi connectivity index (χ4n) is 2.67. The molecule has 0 N–H and O–H groups in total. The lowest BCUT2D eigenvalue weighted by atomic mass is 10.3. The Kier molecular flexibility index (Phi) is 6.70. The lowest BCUT2D eigenvalue weighted by Gasteiger charge is -2.12. The van der Waals surface area contributed by atoms with Crippen molar-refractivity contribution in [1.82, 2.24) is 4.57 Å². The van der Waals surface area contributed by atoms with E-state index in [4.69, 9.17) is 18.9 Å². The summed E-state index contributed by atoms with van der Waals surface area (Å²) in [4.78, 5) is 28.9. The first kappa shape index (κ1) is 19.9. The van der Waals surface area contributed by atoms with Gasteiger partial charge in [-0.2, -0.15) is 4.99 Å². The van der Waals surface area contributed by atoms with Gasteiger partial charge in [-0.15, -0.1) is 0 Å². The van der Waals surface area contributed by atoms with Gasteiger partial charge in [0.2, 0.25) is 5.76 Å². The zero-order valence-electron chi connectivity index (χ0n) is 15.8. The maximum atomic E-state index is 12.4. The van der Waals surface area contributed by atoms with Crippen LogP contribution in [0, 0.1) is 0 Å². The Bertz CT molecular complexity index is 959. The average molecular weight is 406 g/mol. The highest BCUT2D eigenvalue weighted by Gasteiger charge is 2.16. The highest BCUT2D eigenvalue weighted by Crippen LogP contribution is 2.24. The largest absolute Gasteiger partial charge is 0.494 e. The molecule has 0 unspecified atom stereocenters. The fraction of sp³-hybridized carbons (Fsp3) is 0.421. The third kappa shape index (κ3) is 4.72. The van der Waals surface area contributed by atoms with Crippen LogP contribution in [0.25, 0.3) is 10.2 Å². The molecule has 2 aromatic rings. The standard InChI is InChI=1S/C19H22N2O6S/c1-3-25-13-5-6-14-16(11-13)28-19(21(14)8-7-17(22)26-4-2)20-18(23)15-12-24-9-10-27-15/h5-6,11-12H,3-4,7-10H2,1-2H3. The molecule has 0 saturated heterocycles. The van der Waals surface area contributed by atoms with Crippen LogP contribution >= 0.6 is 11.3 Å². The van der Waals surface area contributed by atoms with E-state index in [1.54, 1.807) is 6.92 Å². The summed E-state index contributed by atoms with van der Waals surface area (Å²) in [6, 6.07) is 5.64. The minimum Gasteiger partial charge on any atom is -0.494 e. The second-order valence-electron chi connectivity index (χ2n) is 5.77. The molecule has 0 saturated carbocycles. The van der Waals surface area contributed by atoms with Crippen molar-refractivity contribution in [2.45, 2.75) is 26.8 Å². The molecule has 3 rings (SSSR count). The Morgan fingerprint density at radius 2 is 2.11 bits per heavy atom. The summed E-state index contributed by atoms with van der Waals surface area (Å²) in [7, 11) is 0. The third-order valence-electron chi connectivity index (χ3n) is 3.87. The van der Waals surface area contributed by atoms with Crippen molar-refractivity contribution >= 4 is 33.4 Å². The van der Waals surface area contributed by atoms with E-state index < -0.39 is 5.91 Å². The number of rotatable bonds is 7. The molecule has 0 bridgehead atoms. The number of aromatic nitrogens is 1. The van der Waals surface area contributed by atoms with E-state index in [9.17, 15) is 9.59 Å². The highest BCUT2D eigenvalue weighted by atomic mass is 32.1. The van der Waals surface area contributed by atoms with Crippen molar-refractivity contribution in [3.05, 3.63) is 35.0 Å². The first-order valence-electron chi connectivity index (χ1n) is 9.07. The summed E-state index contributed by atoms with van der Waals surface area (Å²) in [6.07, 6.45) is 1.45. The van der Waals surface area contributed by atoms with Crippen molar-refractivity contribution in [1.29, 1.82) is 0 Å². The third-order valence-corrected chi connectivity index (χ3v) is 4.91. The molecule has 0 spiro atoms. The van der Waals surface area contributed by atoms with E-state index in [0.29, 0.717) is 37.8 Å². The Hall–Kier alpha value is -2.81. The normalized spacial score (nSPS) is 14.2. The Morgan fingerprint density at radius 1 is 1.25 bits per heavy atom. The molecule has 8 nitrogen and oxygen atoms in total. The van der Waals surface area contributed by atoms with E-state index >= 15 is 0 Å². The van der Waals surface area contributed by atoms with Gasteiger partial charge in [0, 0.05) is 6.54 Å². The molecular weight excluding hydrogens is 384 g/mol. The Balaban J connectivity index is 1.99. The van der Waals surface area contributed by atoms with Crippen LogP contribution in [0.3, 0.4) is 0 Å². The lowest BCUT2D eigenvalue weighted by molar-refractivity contribution is -0.143. The molecule has 0 fully saturated rings. The lowest BCUT2D eigenvalue weighted by Crippen LogP contribution is -2.21. The molecular formula is C19H22N2O6S. The number of amides is 1. The van der Waals surface area contributed by atoms with Gasteiger partial charge in [0.15, 0.2) is 4.80 Å². The predicted molar refractivity (Wildman–Crippen MR) is 103 cm³/mol. The number of benzene rings is 1. The first-order chi connectivity index (χ1) is 13.6. The molecule has 9 heteroatoms. The highest BCUT2D eigenvalue weighted by molar-refractivity contribution is 7.16. The van der Waals surface area contributed by atoms with Crippen LogP contribution in [0.5, 0.6) is 5.75 Å². The zero-order chi connectivity index (χ0) is 19.9. The van der Waals surface area contributed by atoms with E-state index in [-0.39, 0.29) is 18.1 Å². The number of nitrogens with zero attached hydrogens (tertiary/aromatic N) is 2. The molecule has 1 aromatic heterocycles. The van der Waals surface area contributed by atoms with Crippen LogP contribution in [0.1, 0.15) is 20.3 Å². The molecule has 1 aliphatic heterocycles. The summed E-state index contributed by atoms with van der Waals surface area (Å²) in [5.41, 5.74) is 0.860. The van der Waals surface area contributed by atoms with Crippen LogP contribution in [0.15, 0.2) is 35.2 Å². The van der Waals surface area contributed by atoms with E-state index in [1.807, 2.05) is 29.7 Å². The van der Waals surface area contributed by atoms with E-state index in [0.717, 1.165) is 16.0 Å². The quantitative estimate of drug-likeness (QED) is 0.656. The number of aryl methyl sites for hydroxylation is 1. The van der Waals surface area contributed by atoms with Crippen molar-refractivity contribution in [3.63, 3.8) is 0 Å². The number of ether oxygens (including phenoxy) is 4. The topological polar surface area (TPSA) is 88.4 Å². The van der Waals surface area contributed by atoms with Gasteiger partial charge >= 0.3 is 11.9 Å². The van der Waals surface area contributed by atoms with E-state index in [1.165, 1.54) is 17.6 Å². The summed E-state index contributed by atoms with van der Waals surface area (Å²) >= 11 is 1.34. The number of thiazole rings is 1. The monoisotopic (exact) mass is 406 g/mol. The van der Waals surface area contributed by atoms with Crippen LogP contribution in [0.4, 0.5) is 0 Å². The van der Waals surface area contributed by atoms with Gasteiger partial charge in [-0.25, -0.2) is 0 Å². The summed E-state index contributed by atoms with van der Waals surface area (Å²) in [5.74, 6) is -0.0282. The van der Waals surface area contributed by atoms with Crippen molar-refractivity contribution in [2.75, 3.05) is 26.4 Å². The minimum absolute atomic E-state index is 0.0654. The van der Waals surface area contributed by atoms with Gasteiger partial charge < -0.3 is 23.5 Å². The summed E-state index contributed by atoms with van der Waals surface area (Å²) in [5, 5.41) is 0. The summed E-state index contributed by atoms with van der Waals surface area (Å²) in [6.45, 7) is 5.61. The smallest absolute Gasteiger partial charge is 0.317 e. The van der Waals surface area contributed by atoms with Gasteiger partial charge in [-0.3, -0.25) is 9.59 Å². The van der Waals surface area contributed by atoms with Crippen LogP contribution in [0.2, 0.25) is 0 Å². The number of hydrogen-bond donors (Lipinski definition) is 0. The van der Waals surface area contributed by atoms with Gasteiger partial charge in [0.25, 0.3) is 0 Å². The molecule has 0 aliphatic carbocycles. The predicted octanol–water partition coefficient (Wildman–Crippen LogP) is 2.37. The van der Waals surface area contributed by atoms with Gasteiger partial charge in [-0.05, 0) is 32.0 Å². The van der Waals surface area contributed by atoms with Gasteiger partial charge in [0.05, 0.1) is 29.9 Å². The molecule has 1 aromatic carbocycles. The fourth-order valence-corrected chi connectivity index (χ4v) is 3.75. The Labute approximate surface area is 166 Å². The first-order valence-corrected chi connectivity index (χ1v) is 9.89. The van der Waals surface area contributed by atoms with Crippen LogP contribution in [-0.2, 0) is 30.3 Å². The van der Waals surface area contributed by atoms with Crippen molar-refractivity contribution < 1.29 is 28.5 Å². The molecule has 1 amide bonds. The maximum Gasteiger partial charge on any atom is 0.317 e. The molecule has 150 valence electrons. The Morgan fingerprint density at radius 3 is 2.82 bits per heavy atom. The number of esters is 1. The molecule has 0 radical (unpaired) electrons. The van der Waals surface area contributed by atoms with E-state index in [2.05, 4.69) is 4.99 Å². The minimum atomic E-state index is -0.527. The van der Waals surface area contributed by atoms with Gasteiger partial charge in [0.1, 0.15) is 25.2 Å². The van der Waals surface area contributed by atoms with Crippen molar-refractivity contribution in [2.24, 2.45) is 4.99 Å². The number of hydrogen-bond acceptors (Lipinski definition) is 7. The maximum absolute atomic E-state index is 12.4. The van der Waals surface area contributed by atoms with Gasteiger partial charge in [-0.1, -0.05) is 11.3 Å².